The van der Waals surface area contributed by atoms with Gasteiger partial charge >= 0.3 is 0 Å². The van der Waals surface area contributed by atoms with E-state index >= 15 is 0 Å². The Kier molecular flexibility index (Phi) is 2.98. The number of allylic oxidation sites excluding steroid dienone is 2. The molecule has 1 radical (unpaired) electrons. The first kappa shape index (κ1) is 7.84. The number of hydrogen-bond donors (Lipinski definition) is 0. The highest BCUT2D eigenvalue weighted by Gasteiger charge is 2.03. The van der Waals surface area contributed by atoms with Crippen LogP contribution in [0.1, 0.15) is 39.0 Å². The maximum atomic E-state index is 4.09. The molecule has 1 unspecified atom stereocenters. The van der Waals surface area contributed by atoms with Gasteiger partial charge < -0.3 is 0 Å². The lowest BCUT2D eigenvalue weighted by atomic mass is 9.94. The van der Waals surface area contributed by atoms with E-state index in [0.29, 0.717) is 5.92 Å². The summed E-state index contributed by atoms with van der Waals surface area (Å²) in [6, 6.07) is 0. The van der Waals surface area contributed by atoms with Gasteiger partial charge in [0.25, 0.3) is 0 Å². The Morgan fingerprint density at radius 3 is 3.10 bits per heavy atom. The Morgan fingerprint density at radius 2 is 2.30 bits per heavy atom. The molecule has 0 saturated heterocycles. The monoisotopic (exact) mass is 137 g/mol. The first-order valence-corrected chi connectivity index (χ1v) is 4.28. The van der Waals surface area contributed by atoms with Crippen LogP contribution in [0, 0.1) is 12.8 Å². The summed E-state index contributed by atoms with van der Waals surface area (Å²) in [6.45, 7) is 6.32. The Labute approximate surface area is 64.3 Å². The standard InChI is InChI=1S/C10H17/c1-9-5-3-4-6-10(2)8-7-9/h8-9H,1,3-7H2,2H3/b10-8-. The minimum Gasteiger partial charge on any atom is -0.0853 e. The van der Waals surface area contributed by atoms with Crippen LogP contribution in [-0.2, 0) is 0 Å². The van der Waals surface area contributed by atoms with Gasteiger partial charge in [0.1, 0.15) is 0 Å². The summed E-state index contributed by atoms with van der Waals surface area (Å²) in [7, 11) is 0. The van der Waals surface area contributed by atoms with E-state index in [2.05, 4.69) is 19.9 Å². The van der Waals surface area contributed by atoms with Crippen LogP contribution < -0.4 is 0 Å². The Morgan fingerprint density at radius 1 is 1.50 bits per heavy atom. The normalized spacial score (nSPS) is 33.8. The van der Waals surface area contributed by atoms with Crippen LogP contribution in [0.2, 0.25) is 0 Å². The molecular formula is C10H17. The molecule has 0 heterocycles. The van der Waals surface area contributed by atoms with Gasteiger partial charge in [0.15, 0.2) is 0 Å². The highest BCUT2D eigenvalue weighted by Crippen LogP contribution is 2.20. The second-order valence-corrected chi connectivity index (χ2v) is 3.40. The summed E-state index contributed by atoms with van der Waals surface area (Å²) in [6.07, 6.45) is 8.94. The third-order valence-corrected chi connectivity index (χ3v) is 2.23. The van der Waals surface area contributed by atoms with E-state index in [-0.39, 0.29) is 0 Å². The van der Waals surface area contributed by atoms with Crippen LogP contribution in [-0.4, -0.2) is 0 Å². The lowest BCUT2D eigenvalue weighted by Gasteiger charge is -2.12. The van der Waals surface area contributed by atoms with E-state index in [4.69, 9.17) is 0 Å². The van der Waals surface area contributed by atoms with Crippen molar-refractivity contribution < 1.29 is 0 Å². The molecule has 0 saturated carbocycles. The van der Waals surface area contributed by atoms with Gasteiger partial charge in [0.05, 0.1) is 0 Å². The summed E-state index contributed by atoms with van der Waals surface area (Å²) in [4.78, 5) is 0. The van der Waals surface area contributed by atoms with Crippen LogP contribution >= 0.6 is 0 Å². The van der Waals surface area contributed by atoms with Gasteiger partial charge in [0.2, 0.25) is 0 Å². The maximum Gasteiger partial charge on any atom is -0.0320 e. The van der Waals surface area contributed by atoms with E-state index in [1.807, 2.05) is 0 Å². The van der Waals surface area contributed by atoms with Gasteiger partial charge in [0, 0.05) is 0 Å². The maximum absolute atomic E-state index is 4.09. The van der Waals surface area contributed by atoms with Crippen LogP contribution in [0.4, 0.5) is 0 Å². The van der Waals surface area contributed by atoms with Gasteiger partial charge in [-0.05, 0) is 39.0 Å². The summed E-state index contributed by atoms with van der Waals surface area (Å²) in [5.41, 5.74) is 1.56. The SMILES string of the molecule is [CH2]C1C/C=C(/C)CCCC1. The van der Waals surface area contributed by atoms with E-state index in [1.54, 1.807) is 5.57 Å². The van der Waals surface area contributed by atoms with Crippen molar-refractivity contribution in [3.05, 3.63) is 18.6 Å². The highest BCUT2D eigenvalue weighted by molar-refractivity contribution is 4.99. The zero-order valence-electron chi connectivity index (χ0n) is 6.90. The summed E-state index contributed by atoms with van der Waals surface area (Å²) < 4.78 is 0. The van der Waals surface area contributed by atoms with Crippen molar-refractivity contribution in [3.63, 3.8) is 0 Å². The van der Waals surface area contributed by atoms with Gasteiger partial charge in [-0.1, -0.05) is 24.5 Å². The third kappa shape index (κ3) is 2.55. The van der Waals surface area contributed by atoms with Gasteiger partial charge in [-0.2, -0.15) is 0 Å². The lowest BCUT2D eigenvalue weighted by molar-refractivity contribution is 0.530. The van der Waals surface area contributed by atoms with E-state index in [9.17, 15) is 0 Å². The fourth-order valence-corrected chi connectivity index (χ4v) is 1.42. The topological polar surface area (TPSA) is 0 Å². The van der Waals surface area contributed by atoms with E-state index < -0.39 is 0 Å². The molecule has 0 aromatic carbocycles. The Hall–Kier alpha value is -0.260. The first-order chi connectivity index (χ1) is 4.79. The second kappa shape index (κ2) is 3.80. The third-order valence-electron chi connectivity index (χ3n) is 2.23. The molecule has 57 valence electrons. The lowest BCUT2D eigenvalue weighted by Crippen LogP contribution is -1.97. The van der Waals surface area contributed by atoms with Crippen molar-refractivity contribution in [1.82, 2.24) is 0 Å². The van der Waals surface area contributed by atoms with Crippen LogP contribution in [0.25, 0.3) is 0 Å². The highest BCUT2D eigenvalue weighted by atomic mass is 14.1. The molecule has 0 aliphatic heterocycles. The molecule has 1 aliphatic rings. The van der Waals surface area contributed by atoms with Gasteiger partial charge in [-0.25, -0.2) is 0 Å². The van der Waals surface area contributed by atoms with Crippen molar-refractivity contribution in [2.75, 3.05) is 0 Å². The largest absolute Gasteiger partial charge is 0.0853 e. The molecule has 0 N–H and O–H groups in total. The van der Waals surface area contributed by atoms with Crippen LogP contribution in [0.3, 0.4) is 0 Å². The van der Waals surface area contributed by atoms with Gasteiger partial charge in [-0.15, -0.1) is 0 Å². The van der Waals surface area contributed by atoms with E-state index in [0.717, 1.165) is 0 Å². The predicted molar refractivity (Wildman–Crippen MR) is 45.7 cm³/mol. The molecular weight excluding hydrogens is 120 g/mol. The molecule has 0 heteroatoms. The molecule has 0 bridgehead atoms. The molecule has 1 aliphatic carbocycles. The second-order valence-electron chi connectivity index (χ2n) is 3.40. The van der Waals surface area contributed by atoms with Crippen LogP contribution in [0.5, 0.6) is 0 Å². The average Bonchev–Trinajstić information content (AvgIpc) is 1.90. The summed E-state index contributed by atoms with van der Waals surface area (Å²) in [5, 5.41) is 0. The number of hydrogen-bond acceptors (Lipinski definition) is 0. The summed E-state index contributed by atoms with van der Waals surface area (Å²) >= 11 is 0. The van der Waals surface area contributed by atoms with Crippen LogP contribution in [0.15, 0.2) is 11.6 Å². The molecule has 1 atom stereocenters. The minimum absolute atomic E-state index is 0.676. The van der Waals surface area contributed by atoms with Crippen molar-refractivity contribution in [1.29, 1.82) is 0 Å². The van der Waals surface area contributed by atoms with Crippen molar-refractivity contribution in [2.24, 2.45) is 5.92 Å². The molecule has 10 heavy (non-hydrogen) atoms. The zero-order valence-corrected chi connectivity index (χ0v) is 6.90. The molecule has 0 aromatic heterocycles. The average molecular weight is 137 g/mol. The predicted octanol–water partition coefficient (Wildman–Crippen LogP) is 3.35. The molecule has 0 fully saturated rings. The minimum atomic E-state index is 0.676. The zero-order chi connectivity index (χ0) is 7.40. The Balaban J connectivity index is 2.42. The van der Waals surface area contributed by atoms with Crippen molar-refractivity contribution in [2.45, 2.75) is 39.0 Å². The van der Waals surface area contributed by atoms with Crippen molar-refractivity contribution in [3.8, 4) is 0 Å². The molecule has 0 aromatic rings. The first-order valence-electron chi connectivity index (χ1n) is 4.28. The quantitative estimate of drug-likeness (QED) is 0.449. The smallest absolute Gasteiger partial charge is 0.0320 e. The summed E-state index contributed by atoms with van der Waals surface area (Å²) in [5.74, 6) is 0.676. The van der Waals surface area contributed by atoms with Crippen molar-refractivity contribution >= 4 is 0 Å². The fraction of sp³-hybridized carbons (Fsp3) is 0.700. The van der Waals surface area contributed by atoms with Gasteiger partial charge in [-0.3, -0.25) is 0 Å². The molecule has 1 rings (SSSR count). The molecule has 0 nitrogen and oxygen atoms in total. The molecule has 0 spiro atoms. The number of rotatable bonds is 0. The Bertz CT molecular complexity index is 122. The molecule has 0 amide bonds. The fourth-order valence-electron chi connectivity index (χ4n) is 1.42. The van der Waals surface area contributed by atoms with E-state index in [1.165, 1.54) is 32.1 Å².